The molecule has 1 aromatic heterocycles. The molecule has 1 aliphatic rings. The number of halogens is 1. The Morgan fingerprint density at radius 3 is 3.13 bits per heavy atom. The molecule has 3 rings (SSSR count). The summed E-state index contributed by atoms with van der Waals surface area (Å²) in [7, 11) is 0. The zero-order chi connectivity index (χ0) is 16.2. The van der Waals surface area contributed by atoms with E-state index in [9.17, 15) is 4.79 Å². The van der Waals surface area contributed by atoms with Crippen LogP contribution in [0.3, 0.4) is 0 Å². The van der Waals surface area contributed by atoms with Gasteiger partial charge in [-0.25, -0.2) is 0 Å². The zero-order valence-corrected chi connectivity index (χ0v) is 13.8. The minimum Gasteiger partial charge on any atom is -0.483 e. The van der Waals surface area contributed by atoms with E-state index in [0.717, 1.165) is 30.6 Å². The summed E-state index contributed by atoms with van der Waals surface area (Å²) in [5.74, 6) is 0.990. The number of nitrogens with zero attached hydrogens (tertiary/aromatic N) is 2. The van der Waals surface area contributed by atoms with Crippen molar-refractivity contribution in [1.29, 1.82) is 0 Å². The zero-order valence-electron chi connectivity index (χ0n) is 13.1. The molecule has 1 N–H and O–H groups in total. The molecule has 0 radical (unpaired) electrons. The Labute approximate surface area is 140 Å². The molecule has 1 aliphatic heterocycles. The van der Waals surface area contributed by atoms with Crippen molar-refractivity contribution in [3.63, 3.8) is 0 Å². The van der Waals surface area contributed by atoms with Gasteiger partial charge in [0.25, 0.3) is 5.91 Å². The summed E-state index contributed by atoms with van der Waals surface area (Å²) in [6.07, 6.45) is 3.81. The Hall–Kier alpha value is -2.01. The van der Waals surface area contributed by atoms with Gasteiger partial charge in [0.05, 0.1) is 0 Å². The fourth-order valence-corrected chi connectivity index (χ4v) is 3.09. The predicted octanol–water partition coefficient (Wildman–Crippen LogP) is 3.16. The maximum atomic E-state index is 12.4. The molecular weight excluding hydrogens is 314 g/mol. The lowest BCUT2D eigenvalue weighted by molar-refractivity contribution is -0.134. The molecule has 1 aromatic carbocycles. The number of aromatic nitrogens is 2. The largest absolute Gasteiger partial charge is 0.483 e. The number of benzene rings is 1. The van der Waals surface area contributed by atoms with Crippen LogP contribution in [0.25, 0.3) is 0 Å². The predicted molar refractivity (Wildman–Crippen MR) is 88.8 cm³/mol. The Balaban J connectivity index is 1.58. The molecule has 23 heavy (non-hydrogen) atoms. The lowest BCUT2D eigenvalue weighted by Crippen LogP contribution is -2.41. The van der Waals surface area contributed by atoms with E-state index in [1.807, 2.05) is 36.1 Å². The van der Waals surface area contributed by atoms with Gasteiger partial charge in [-0.2, -0.15) is 5.10 Å². The van der Waals surface area contributed by atoms with Gasteiger partial charge >= 0.3 is 0 Å². The number of nitrogens with one attached hydrogen (secondary N) is 1. The third-order valence-corrected chi connectivity index (χ3v) is 4.71. The molecule has 6 heteroatoms. The monoisotopic (exact) mass is 333 g/mol. The molecule has 0 spiro atoms. The molecule has 0 saturated carbocycles. The summed E-state index contributed by atoms with van der Waals surface area (Å²) in [4.78, 5) is 14.3. The number of rotatable bonds is 4. The minimum absolute atomic E-state index is 0.00795. The van der Waals surface area contributed by atoms with Gasteiger partial charge in [-0.1, -0.05) is 17.7 Å². The second kappa shape index (κ2) is 7.04. The van der Waals surface area contributed by atoms with Crippen molar-refractivity contribution in [3.8, 4) is 5.75 Å². The van der Waals surface area contributed by atoms with E-state index < -0.39 is 0 Å². The first-order valence-electron chi connectivity index (χ1n) is 7.80. The first-order valence-corrected chi connectivity index (χ1v) is 8.18. The number of likely N-dealkylation sites (tertiary alicyclic amines) is 1. The lowest BCUT2D eigenvalue weighted by Gasteiger charge is -2.32. The Morgan fingerprint density at radius 1 is 1.48 bits per heavy atom. The fraction of sp³-hybridized carbons (Fsp3) is 0.412. The van der Waals surface area contributed by atoms with E-state index in [4.69, 9.17) is 16.3 Å². The number of piperidine rings is 1. The van der Waals surface area contributed by atoms with Crippen LogP contribution in [0, 0.1) is 6.92 Å². The van der Waals surface area contributed by atoms with Crippen molar-refractivity contribution in [2.45, 2.75) is 25.7 Å². The highest BCUT2D eigenvalue weighted by Gasteiger charge is 2.25. The summed E-state index contributed by atoms with van der Waals surface area (Å²) >= 11 is 6.07. The number of amides is 1. The molecule has 122 valence electrons. The van der Waals surface area contributed by atoms with Gasteiger partial charge < -0.3 is 9.64 Å². The number of ether oxygens (including phenoxy) is 1. The molecular formula is C17H20ClN3O2. The van der Waals surface area contributed by atoms with Gasteiger partial charge in [-0.3, -0.25) is 9.89 Å². The van der Waals surface area contributed by atoms with E-state index in [1.54, 1.807) is 6.20 Å². The normalized spacial score (nSPS) is 18.0. The van der Waals surface area contributed by atoms with Crippen LogP contribution in [0.1, 0.15) is 30.0 Å². The first-order chi connectivity index (χ1) is 11.1. The second-order valence-electron chi connectivity index (χ2n) is 5.84. The van der Waals surface area contributed by atoms with Crippen LogP contribution in [0.5, 0.6) is 5.75 Å². The van der Waals surface area contributed by atoms with Crippen molar-refractivity contribution in [2.75, 3.05) is 19.7 Å². The summed E-state index contributed by atoms with van der Waals surface area (Å²) < 4.78 is 5.66. The fourth-order valence-electron chi connectivity index (χ4n) is 2.93. The average Bonchev–Trinajstić information content (AvgIpc) is 3.10. The van der Waals surface area contributed by atoms with Crippen molar-refractivity contribution in [3.05, 3.63) is 46.7 Å². The van der Waals surface area contributed by atoms with E-state index in [2.05, 4.69) is 10.2 Å². The maximum Gasteiger partial charge on any atom is 0.260 e. The Kier molecular flexibility index (Phi) is 4.86. The number of hydrogen-bond donors (Lipinski definition) is 1. The second-order valence-corrected chi connectivity index (χ2v) is 6.25. The van der Waals surface area contributed by atoms with Crippen molar-refractivity contribution >= 4 is 17.5 Å². The molecule has 1 atom stereocenters. The number of aromatic amines is 1. The summed E-state index contributed by atoms with van der Waals surface area (Å²) in [5.41, 5.74) is 1.95. The van der Waals surface area contributed by atoms with E-state index in [0.29, 0.717) is 23.2 Å². The van der Waals surface area contributed by atoms with Crippen LogP contribution >= 0.6 is 11.6 Å². The third-order valence-electron chi connectivity index (χ3n) is 4.31. The lowest BCUT2D eigenvalue weighted by atomic mass is 9.95. The van der Waals surface area contributed by atoms with Crippen molar-refractivity contribution < 1.29 is 9.53 Å². The van der Waals surface area contributed by atoms with Gasteiger partial charge in [0, 0.05) is 41.5 Å². The third kappa shape index (κ3) is 3.67. The maximum absolute atomic E-state index is 12.4. The SMILES string of the molecule is Cc1c(Cl)cccc1OCC(=O)N1CCCC(c2ccn[nH]2)C1. The molecule has 5 nitrogen and oxygen atoms in total. The van der Waals surface area contributed by atoms with Crippen LogP contribution in [0.15, 0.2) is 30.5 Å². The first kappa shape index (κ1) is 15.9. The van der Waals surface area contributed by atoms with E-state index >= 15 is 0 Å². The number of H-pyrrole nitrogens is 1. The molecule has 1 unspecified atom stereocenters. The highest BCUT2D eigenvalue weighted by atomic mass is 35.5. The van der Waals surface area contributed by atoms with Crippen molar-refractivity contribution in [1.82, 2.24) is 15.1 Å². The molecule has 0 bridgehead atoms. The molecule has 1 amide bonds. The molecule has 2 heterocycles. The van der Waals surface area contributed by atoms with Crippen LogP contribution in [0.2, 0.25) is 5.02 Å². The highest BCUT2D eigenvalue weighted by molar-refractivity contribution is 6.31. The molecule has 1 saturated heterocycles. The van der Waals surface area contributed by atoms with Gasteiger partial charge in [-0.15, -0.1) is 0 Å². The summed E-state index contributed by atoms with van der Waals surface area (Å²) in [6, 6.07) is 7.44. The summed E-state index contributed by atoms with van der Waals surface area (Å²) in [5, 5.41) is 7.65. The number of carbonyl (C=O) groups excluding carboxylic acids is 1. The molecule has 2 aromatic rings. The Bertz CT molecular complexity index is 672. The van der Waals surface area contributed by atoms with Crippen LogP contribution in [-0.2, 0) is 4.79 Å². The van der Waals surface area contributed by atoms with E-state index in [-0.39, 0.29) is 12.5 Å². The molecule has 0 aliphatic carbocycles. The average molecular weight is 334 g/mol. The van der Waals surface area contributed by atoms with Crippen LogP contribution in [0.4, 0.5) is 0 Å². The topological polar surface area (TPSA) is 58.2 Å². The summed E-state index contributed by atoms with van der Waals surface area (Å²) in [6.45, 7) is 3.41. The molecule has 1 fully saturated rings. The van der Waals surface area contributed by atoms with Crippen LogP contribution < -0.4 is 4.74 Å². The van der Waals surface area contributed by atoms with Gasteiger partial charge in [-0.05, 0) is 38.0 Å². The minimum atomic E-state index is 0.00795. The highest BCUT2D eigenvalue weighted by Crippen LogP contribution is 2.27. The van der Waals surface area contributed by atoms with Gasteiger partial charge in [0.1, 0.15) is 5.75 Å². The van der Waals surface area contributed by atoms with E-state index in [1.165, 1.54) is 0 Å². The van der Waals surface area contributed by atoms with Gasteiger partial charge in [0.15, 0.2) is 6.61 Å². The number of hydrogen-bond acceptors (Lipinski definition) is 3. The van der Waals surface area contributed by atoms with Gasteiger partial charge in [0.2, 0.25) is 0 Å². The van der Waals surface area contributed by atoms with Crippen LogP contribution in [-0.4, -0.2) is 40.7 Å². The quantitative estimate of drug-likeness (QED) is 0.935. The standard InChI is InChI=1S/C17H20ClN3O2/c1-12-14(18)5-2-6-16(12)23-11-17(22)21-9-3-4-13(10-21)15-7-8-19-20-15/h2,5-8,13H,3-4,9-11H2,1H3,(H,19,20). The van der Waals surface area contributed by atoms with Crippen molar-refractivity contribution in [2.24, 2.45) is 0 Å². The smallest absolute Gasteiger partial charge is 0.260 e. The number of carbonyl (C=O) groups is 1. The Morgan fingerprint density at radius 2 is 2.35 bits per heavy atom.